The van der Waals surface area contributed by atoms with Crippen LogP contribution in [-0.2, 0) is 0 Å². The maximum Gasteiger partial charge on any atom is 0.120 e. The molecule has 11 heavy (non-hydrogen) atoms. The molecule has 0 saturated carbocycles. The van der Waals surface area contributed by atoms with Gasteiger partial charge in [-0.2, -0.15) is 0 Å². The van der Waals surface area contributed by atoms with Gasteiger partial charge in [0.2, 0.25) is 0 Å². The summed E-state index contributed by atoms with van der Waals surface area (Å²) in [4.78, 5) is 0. The summed E-state index contributed by atoms with van der Waals surface area (Å²) < 4.78 is 0. The molecule has 1 rings (SSSR count). The van der Waals surface area contributed by atoms with Gasteiger partial charge in [0.15, 0.2) is 0 Å². The standard InChI is InChI=1S/C9H13NO/c1-2-8(10)7-5-3-4-6-9(7)11/h3-6,8,11H,2,10H2,1H3/t8-/m1/s1. The highest BCUT2D eigenvalue weighted by Crippen LogP contribution is 2.23. The second-order valence-electron chi connectivity index (χ2n) is 2.57. The number of nitrogens with two attached hydrogens (primary N) is 1. The third kappa shape index (κ3) is 1.71. The maximum absolute atomic E-state index is 9.33. The first-order valence-electron chi connectivity index (χ1n) is 3.79. The smallest absolute Gasteiger partial charge is 0.120 e. The highest BCUT2D eigenvalue weighted by atomic mass is 16.3. The quantitative estimate of drug-likeness (QED) is 0.677. The summed E-state index contributed by atoms with van der Waals surface area (Å²) in [6, 6.07) is 7.14. The summed E-state index contributed by atoms with van der Waals surface area (Å²) in [6.45, 7) is 2.00. The Morgan fingerprint density at radius 3 is 2.64 bits per heavy atom. The molecule has 0 radical (unpaired) electrons. The van der Waals surface area contributed by atoms with Gasteiger partial charge in [-0.25, -0.2) is 0 Å². The largest absolute Gasteiger partial charge is 0.508 e. The number of benzene rings is 1. The minimum absolute atomic E-state index is 0.0452. The van der Waals surface area contributed by atoms with Crippen molar-refractivity contribution in [2.45, 2.75) is 19.4 Å². The molecule has 0 amide bonds. The molecular formula is C9H13NO. The number of hydrogen-bond acceptors (Lipinski definition) is 2. The molecule has 1 aromatic rings. The molecule has 1 atom stereocenters. The Kier molecular flexibility index (Phi) is 2.49. The SMILES string of the molecule is CC[C@@H](N)c1ccccc1O. The third-order valence-electron chi connectivity index (χ3n) is 1.78. The molecule has 2 heteroatoms. The van der Waals surface area contributed by atoms with Crippen molar-refractivity contribution >= 4 is 0 Å². The van der Waals surface area contributed by atoms with Crippen LogP contribution in [0.15, 0.2) is 24.3 Å². The average Bonchev–Trinajstić information content (AvgIpc) is 2.04. The Hall–Kier alpha value is -1.02. The zero-order chi connectivity index (χ0) is 8.27. The lowest BCUT2D eigenvalue weighted by molar-refractivity contribution is 0.460. The van der Waals surface area contributed by atoms with E-state index < -0.39 is 0 Å². The summed E-state index contributed by atoms with van der Waals surface area (Å²) in [5, 5.41) is 9.33. The molecule has 0 aliphatic heterocycles. The van der Waals surface area contributed by atoms with Crippen molar-refractivity contribution in [2.24, 2.45) is 5.73 Å². The summed E-state index contributed by atoms with van der Waals surface area (Å²) in [6.07, 6.45) is 0.845. The van der Waals surface area contributed by atoms with Crippen LogP contribution < -0.4 is 5.73 Å². The van der Waals surface area contributed by atoms with E-state index in [-0.39, 0.29) is 6.04 Å². The van der Waals surface area contributed by atoms with E-state index in [0.29, 0.717) is 5.75 Å². The van der Waals surface area contributed by atoms with E-state index in [0.717, 1.165) is 12.0 Å². The van der Waals surface area contributed by atoms with Crippen molar-refractivity contribution in [3.63, 3.8) is 0 Å². The fourth-order valence-corrected chi connectivity index (χ4v) is 1.02. The Morgan fingerprint density at radius 1 is 1.45 bits per heavy atom. The average molecular weight is 151 g/mol. The lowest BCUT2D eigenvalue weighted by Gasteiger charge is -2.09. The second kappa shape index (κ2) is 3.39. The Morgan fingerprint density at radius 2 is 2.09 bits per heavy atom. The zero-order valence-corrected chi connectivity index (χ0v) is 6.62. The highest BCUT2D eigenvalue weighted by molar-refractivity contribution is 5.34. The van der Waals surface area contributed by atoms with Gasteiger partial charge in [-0.15, -0.1) is 0 Å². The molecule has 0 aliphatic carbocycles. The molecule has 0 heterocycles. The lowest BCUT2D eigenvalue weighted by atomic mass is 10.0. The molecule has 0 unspecified atom stereocenters. The maximum atomic E-state index is 9.33. The van der Waals surface area contributed by atoms with Crippen molar-refractivity contribution < 1.29 is 5.11 Å². The zero-order valence-electron chi connectivity index (χ0n) is 6.62. The van der Waals surface area contributed by atoms with Crippen LogP contribution in [0.25, 0.3) is 0 Å². The fraction of sp³-hybridized carbons (Fsp3) is 0.333. The monoisotopic (exact) mass is 151 g/mol. The van der Waals surface area contributed by atoms with Crippen LogP contribution in [0.3, 0.4) is 0 Å². The Bertz CT molecular complexity index is 235. The Labute approximate surface area is 66.7 Å². The van der Waals surface area contributed by atoms with Gasteiger partial charge in [-0.3, -0.25) is 0 Å². The van der Waals surface area contributed by atoms with Crippen LogP contribution in [0.5, 0.6) is 5.75 Å². The van der Waals surface area contributed by atoms with Crippen LogP contribution in [0, 0.1) is 0 Å². The molecule has 60 valence electrons. The van der Waals surface area contributed by atoms with Gasteiger partial charge in [0.1, 0.15) is 5.75 Å². The minimum atomic E-state index is -0.0452. The molecule has 0 bridgehead atoms. The number of phenols is 1. The first-order chi connectivity index (χ1) is 5.25. The predicted octanol–water partition coefficient (Wildman–Crippen LogP) is 1.80. The molecular weight excluding hydrogens is 138 g/mol. The molecule has 3 N–H and O–H groups in total. The lowest BCUT2D eigenvalue weighted by Crippen LogP contribution is -2.08. The van der Waals surface area contributed by atoms with Crippen molar-refractivity contribution in [1.82, 2.24) is 0 Å². The van der Waals surface area contributed by atoms with Gasteiger partial charge in [0.25, 0.3) is 0 Å². The predicted molar refractivity (Wildman–Crippen MR) is 45.3 cm³/mol. The van der Waals surface area contributed by atoms with Gasteiger partial charge in [0.05, 0.1) is 0 Å². The molecule has 0 aromatic heterocycles. The van der Waals surface area contributed by atoms with E-state index in [1.54, 1.807) is 12.1 Å². The van der Waals surface area contributed by atoms with Gasteiger partial charge in [-0.05, 0) is 12.5 Å². The van der Waals surface area contributed by atoms with E-state index in [4.69, 9.17) is 5.73 Å². The van der Waals surface area contributed by atoms with Gasteiger partial charge < -0.3 is 10.8 Å². The van der Waals surface area contributed by atoms with Crippen LogP contribution in [0.2, 0.25) is 0 Å². The van der Waals surface area contributed by atoms with E-state index in [2.05, 4.69) is 0 Å². The summed E-state index contributed by atoms with van der Waals surface area (Å²) >= 11 is 0. The number of hydrogen-bond donors (Lipinski definition) is 2. The van der Waals surface area contributed by atoms with Crippen LogP contribution in [0.4, 0.5) is 0 Å². The number of aromatic hydroxyl groups is 1. The molecule has 0 saturated heterocycles. The molecule has 0 fully saturated rings. The molecule has 0 aliphatic rings. The van der Waals surface area contributed by atoms with Crippen molar-refractivity contribution in [3.8, 4) is 5.75 Å². The van der Waals surface area contributed by atoms with Crippen LogP contribution in [-0.4, -0.2) is 5.11 Å². The van der Waals surface area contributed by atoms with Crippen LogP contribution >= 0.6 is 0 Å². The van der Waals surface area contributed by atoms with Crippen LogP contribution in [0.1, 0.15) is 24.9 Å². The van der Waals surface area contributed by atoms with E-state index >= 15 is 0 Å². The second-order valence-corrected chi connectivity index (χ2v) is 2.57. The topological polar surface area (TPSA) is 46.2 Å². The number of phenolic OH excluding ortho intramolecular Hbond substituents is 1. The first-order valence-corrected chi connectivity index (χ1v) is 3.79. The third-order valence-corrected chi connectivity index (χ3v) is 1.78. The normalized spacial score (nSPS) is 12.9. The van der Waals surface area contributed by atoms with Crippen molar-refractivity contribution in [2.75, 3.05) is 0 Å². The molecule has 0 spiro atoms. The van der Waals surface area contributed by atoms with Gasteiger partial charge >= 0.3 is 0 Å². The van der Waals surface area contributed by atoms with E-state index in [1.165, 1.54) is 0 Å². The summed E-state index contributed by atoms with van der Waals surface area (Å²) in [5.41, 5.74) is 6.56. The van der Waals surface area contributed by atoms with Crippen molar-refractivity contribution in [3.05, 3.63) is 29.8 Å². The van der Waals surface area contributed by atoms with Gasteiger partial charge in [-0.1, -0.05) is 25.1 Å². The fourth-order valence-electron chi connectivity index (χ4n) is 1.02. The summed E-state index contributed by atoms with van der Waals surface area (Å²) in [5.74, 6) is 0.293. The first kappa shape index (κ1) is 8.08. The summed E-state index contributed by atoms with van der Waals surface area (Å²) in [7, 11) is 0. The highest BCUT2D eigenvalue weighted by Gasteiger charge is 2.06. The van der Waals surface area contributed by atoms with E-state index in [9.17, 15) is 5.11 Å². The molecule has 2 nitrogen and oxygen atoms in total. The number of para-hydroxylation sites is 1. The number of rotatable bonds is 2. The Balaban J connectivity index is 2.93. The van der Waals surface area contributed by atoms with Gasteiger partial charge in [0, 0.05) is 11.6 Å². The molecule has 1 aromatic carbocycles. The van der Waals surface area contributed by atoms with Crippen molar-refractivity contribution in [1.29, 1.82) is 0 Å². The van der Waals surface area contributed by atoms with E-state index in [1.807, 2.05) is 19.1 Å². The minimum Gasteiger partial charge on any atom is -0.508 e.